The van der Waals surface area contributed by atoms with E-state index in [9.17, 15) is 18.8 Å². The van der Waals surface area contributed by atoms with E-state index in [2.05, 4.69) is 88.7 Å². The monoisotopic (exact) mass is 847 g/mol. The fraction of sp³-hybridized carbons (Fsp3) is 0.264. The van der Waals surface area contributed by atoms with Crippen LogP contribution in [0.2, 0.25) is 0 Å². The lowest BCUT2D eigenvalue weighted by atomic mass is 9.84. The van der Waals surface area contributed by atoms with Gasteiger partial charge in [-0.05, 0) is 117 Å². The zero-order chi connectivity index (χ0) is 43.7. The normalized spacial score (nSPS) is 15.7. The Labute approximate surface area is 368 Å². The van der Waals surface area contributed by atoms with Gasteiger partial charge in [-0.15, -0.1) is 11.8 Å². The molecule has 3 atom stereocenters. The first-order chi connectivity index (χ1) is 29.9. The topological polar surface area (TPSA) is 96.5 Å². The third kappa shape index (κ3) is 11.1. The molecule has 9 heteroatoms. The molecule has 0 spiro atoms. The second kappa shape index (κ2) is 19.8. The second-order valence-corrected chi connectivity index (χ2v) is 18.5. The van der Waals surface area contributed by atoms with Crippen LogP contribution in [0.5, 0.6) is 0 Å². The van der Waals surface area contributed by atoms with Crippen LogP contribution < -0.4 is 16.0 Å². The van der Waals surface area contributed by atoms with Gasteiger partial charge in [-0.2, -0.15) is 0 Å². The van der Waals surface area contributed by atoms with Crippen LogP contribution in [-0.4, -0.2) is 47.1 Å². The zero-order valence-corrected chi connectivity index (χ0v) is 36.5. The van der Waals surface area contributed by atoms with Crippen molar-refractivity contribution in [2.24, 2.45) is 0 Å². The third-order valence-corrected chi connectivity index (χ3v) is 12.7. The molecule has 0 aromatic heterocycles. The Morgan fingerprint density at radius 1 is 0.726 bits per heavy atom. The van der Waals surface area contributed by atoms with Gasteiger partial charge in [0.05, 0.1) is 4.75 Å². The number of rotatable bonds is 16. The molecule has 0 bridgehead atoms. The molecular weight excluding hydrogens is 794 g/mol. The fourth-order valence-corrected chi connectivity index (χ4v) is 9.99. The number of carbonyl (C=O) groups excluding carboxylic acids is 3. The van der Waals surface area contributed by atoms with Gasteiger partial charge < -0.3 is 20.7 Å². The number of amides is 1. The van der Waals surface area contributed by atoms with Crippen molar-refractivity contribution in [3.63, 3.8) is 0 Å². The van der Waals surface area contributed by atoms with Crippen molar-refractivity contribution in [3.8, 4) is 0 Å². The van der Waals surface area contributed by atoms with E-state index in [0.29, 0.717) is 42.7 Å². The quantitative estimate of drug-likeness (QED) is 0.0659. The molecule has 7 nitrogen and oxygen atoms in total. The molecule has 1 heterocycles. The Balaban J connectivity index is 1.20. The number of esters is 1. The number of thioether (sulfide) groups is 1. The summed E-state index contributed by atoms with van der Waals surface area (Å²) < 4.78 is 19.3. The van der Waals surface area contributed by atoms with Crippen LogP contribution in [-0.2, 0) is 38.3 Å². The van der Waals surface area contributed by atoms with Crippen LogP contribution in [0, 0.1) is 5.82 Å². The smallest absolute Gasteiger partial charge is 0.330 e. The lowest BCUT2D eigenvalue weighted by molar-refractivity contribution is -0.156. The zero-order valence-electron chi connectivity index (χ0n) is 35.7. The summed E-state index contributed by atoms with van der Waals surface area (Å²) in [5.74, 6) is -0.999. The van der Waals surface area contributed by atoms with Crippen molar-refractivity contribution in [2.45, 2.75) is 81.1 Å². The molecule has 1 aliphatic heterocycles. The van der Waals surface area contributed by atoms with Crippen molar-refractivity contribution in [2.75, 3.05) is 17.2 Å². The van der Waals surface area contributed by atoms with Crippen LogP contribution >= 0.6 is 11.8 Å². The van der Waals surface area contributed by atoms with E-state index >= 15 is 0 Å². The van der Waals surface area contributed by atoms with Gasteiger partial charge in [-0.25, -0.2) is 9.18 Å². The van der Waals surface area contributed by atoms with E-state index in [0.717, 1.165) is 16.7 Å². The van der Waals surface area contributed by atoms with E-state index in [-0.39, 0.29) is 35.2 Å². The maximum atomic E-state index is 14.3. The molecule has 0 radical (unpaired) electrons. The number of hydrogen-bond donors (Lipinski definition) is 3. The number of carbonyl (C=O) groups is 3. The lowest BCUT2D eigenvalue weighted by Gasteiger charge is -2.37. The molecule has 1 fully saturated rings. The van der Waals surface area contributed by atoms with Crippen LogP contribution in [0.25, 0.3) is 0 Å². The Bertz CT molecular complexity index is 2360. The van der Waals surface area contributed by atoms with Gasteiger partial charge in [0.25, 0.3) is 5.91 Å². The number of Topliss-reactive ketones (excluding diaryl/α,β-unsaturated/α-hetero) is 1. The summed E-state index contributed by atoms with van der Waals surface area (Å²) in [4.78, 5) is 40.3. The highest BCUT2D eigenvalue weighted by Gasteiger charge is 2.44. The molecule has 1 saturated heterocycles. The van der Waals surface area contributed by atoms with E-state index in [4.69, 9.17) is 4.74 Å². The van der Waals surface area contributed by atoms with Crippen LogP contribution in [0.15, 0.2) is 158 Å². The number of anilines is 2. The molecule has 1 amide bonds. The summed E-state index contributed by atoms with van der Waals surface area (Å²) in [5, 5.41) is 10.4. The molecule has 3 N–H and O–H groups in total. The highest BCUT2D eigenvalue weighted by atomic mass is 32.2. The van der Waals surface area contributed by atoms with Gasteiger partial charge in [-0.3, -0.25) is 9.59 Å². The summed E-state index contributed by atoms with van der Waals surface area (Å²) in [6.07, 6.45) is 2.03. The van der Waals surface area contributed by atoms with Gasteiger partial charge in [-0.1, -0.05) is 121 Å². The summed E-state index contributed by atoms with van der Waals surface area (Å²) in [6.45, 7) is 7.78. The Hall–Kier alpha value is -6.03. The molecule has 1 aliphatic rings. The van der Waals surface area contributed by atoms with Crippen molar-refractivity contribution in [1.29, 1.82) is 0 Å². The molecule has 318 valence electrons. The first-order valence-electron chi connectivity index (χ1n) is 21.2. The van der Waals surface area contributed by atoms with Gasteiger partial charge in [0, 0.05) is 41.2 Å². The number of benzene rings is 6. The highest BCUT2D eigenvalue weighted by Crippen LogP contribution is 2.51. The minimum atomic E-state index is -0.788. The van der Waals surface area contributed by atoms with Crippen molar-refractivity contribution in [3.05, 3.63) is 202 Å². The molecular formula is C53H54FN3O4S. The predicted octanol–water partition coefficient (Wildman–Crippen LogP) is 10.6. The minimum absolute atomic E-state index is 0.0273. The standard InChI is InChI=1S/C53H54FN3O4S/c1-36(58)31-38-15-14-22-44(32-38)57-50(59)47-33-45(30-27-39(47)26-23-37-24-28-43(54)29-25-37)56-49(51(60)61-52(2,3)4)48-34-46(35-55-48)62-53(40-16-8-5-9-17-40,41-18-10-6-11-19-41)42-20-12-7-13-21-42/h5-22,24-25,27-30,32-33,46,48-49,55-56H,23,26,31,34-35H2,1-4H3,(H,57,59). The minimum Gasteiger partial charge on any atom is -0.458 e. The number of hydrogen-bond acceptors (Lipinski definition) is 7. The Morgan fingerprint density at radius 2 is 1.34 bits per heavy atom. The molecule has 62 heavy (non-hydrogen) atoms. The van der Waals surface area contributed by atoms with Crippen molar-refractivity contribution >= 4 is 40.8 Å². The molecule has 6 aromatic rings. The predicted molar refractivity (Wildman–Crippen MR) is 249 cm³/mol. The fourth-order valence-electron chi connectivity index (χ4n) is 8.19. The van der Waals surface area contributed by atoms with Crippen molar-refractivity contribution in [1.82, 2.24) is 5.32 Å². The number of ether oxygens (including phenoxy) is 1. The molecule has 7 rings (SSSR count). The average molecular weight is 848 g/mol. The van der Waals surface area contributed by atoms with E-state index in [1.54, 1.807) is 30.3 Å². The number of halogens is 1. The van der Waals surface area contributed by atoms with Gasteiger partial charge >= 0.3 is 5.97 Å². The van der Waals surface area contributed by atoms with Crippen LogP contribution in [0.3, 0.4) is 0 Å². The number of aryl methyl sites for hydroxylation is 2. The summed E-state index contributed by atoms with van der Waals surface area (Å²) in [6, 6.07) is 50.0. The van der Waals surface area contributed by atoms with Gasteiger partial charge in [0.15, 0.2) is 0 Å². The van der Waals surface area contributed by atoms with E-state index in [1.807, 2.05) is 75.0 Å². The first-order valence-corrected chi connectivity index (χ1v) is 22.1. The third-order valence-electron chi connectivity index (χ3n) is 11.0. The summed E-state index contributed by atoms with van der Waals surface area (Å²) in [5.41, 5.74) is 6.90. The van der Waals surface area contributed by atoms with E-state index < -0.39 is 22.4 Å². The summed E-state index contributed by atoms with van der Waals surface area (Å²) in [7, 11) is 0. The van der Waals surface area contributed by atoms with Crippen LogP contribution in [0.4, 0.5) is 15.8 Å². The average Bonchev–Trinajstić information content (AvgIpc) is 3.72. The summed E-state index contributed by atoms with van der Waals surface area (Å²) >= 11 is 1.89. The first kappa shape index (κ1) is 44.0. The molecule has 3 unspecified atom stereocenters. The van der Waals surface area contributed by atoms with E-state index in [1.165, 1.54) is 35.7 Å². The maximum Gasteiger partial charge on any atom is 0.330 e. The second-order valence-electron chi connectivity index (χ2n) is 17.0. The van der Waals surface area contributed by atoms with Gasteiger partial charge in [0.1, 0.15) is 23.2 Å². The highest BCUT2D eigenvalue weighted by molar-refractivity contribution is 8.01. The SMILES string of the molecule is CC(=O)Cc1cccc(NC(=O)c2cc(NC(C(=O)OC(C)(C)C)C3CC(SC(c4ccccc4)(c4ccccc4)c4ccccc4)CN3)ccc2CCc2ccc(F)cc2)c1. The molecule has 0 aliphatic carbocycles. The maximum absolute atomic E-state index is 14.3. The molecule has 6 aromatic carbocycles. The Kier molecular flexibility index (Phi) is 14.1. The van der Waals surface area contributed by atoms with Crippen molar-refractivity contribution < 1.29 is 23.5 Å². The largest absolute Gasteiger partial charge is 0.458 e. The lowest BCUT2D eigenvalue weighted by Crippen LogP contribution is -2.48. The number of nitrogens with one attached hydrogen (secondary N) is 3. The number of ketones is 1. The molecule has 0 saturated carbocycles. The van der Waals surface area contributed by atoms with Crippen LogP contribution in [0.1, 0.15) is 77.9 Å². The van der Waals surface area contributed by atoms with Gasteiger partial charge in [0.2, 0.25) is 0 Å². The Morgan fingerprint density at radius 3 is 1.92 bits per heavy atom.